The van der Waals surface area contributed by atoms with Gasteiger partial charge >= 0.3 is 0 Å². The van der Waals surface area contributed by atoms with Crippen molar-refractivity contribution in [3.8, 4) is 11.3 Å². The maximum absolute atomic E-state index is 8.85. The Labute approximate surface area is 148 Å². The maximum Gasteiger partial charge on any atom is 0.212 e. The summed E-state index contributed by atoms with van der Waals surface area (Å²) < 4.78 is 36.9. The number of aromatic nitrogens is 1. The molecule has 2 rings (SSSR count). The highest BCUT2D eigenvalue weighted by atomic mass is 14.9. The van der Waals surface area contributed by atoms with E-state index in [1.54, 1.807) is 6.20 Å². The molecule has 0 N–H and O–H groups in total. The third-order valence-corrected chi connectivity index (χ3v) is 3.65. The zero-order valence-electron chi connectivity index (χ0n) is 19.5. The van der Waals surface area contributed by atoms with Crippen molar-refractivity contribution in [2.24, 2.45) is 18.4 Å². The number of hydrogen-bond donors (Lipinski definition) is 0. The number of benzene rings is 1. The zero-order valence-corrected chi connectivity index (χ0v) is 15.5. The van der Waals surface area contributed by atoms with Crippen molar-refractivity contribution < 1.29 is 10.1 Å². The van der Waals surface area contributed by atoms with E-state index in [-0.39, 0.29) is 5.92 Å². The van der Waals surface area contributed by atoms with Gasteiger partial charge in [-0.1, -0.05) is 52.8 Å². The molecule has 23 heavy (non-hydrogen) atoms. The topological polar surface area (TPSA) is 3.88 Å². The fourth-order valence-electron chi connectivity index (χ4n) is 2.71. The van der Waals surface area contributed by atoms with Crippen molar-refractivity contribution in [3.63, 3.8) is 0 Å². The summed E-state index contributed by atoms with van der Waals surface area (Å²) in [4.78, 5) is 0. The van der Waals surface area contributed by atoms with Gasteiger partial charge in [0.1, 0.15) is 7.05 Å². The predicted molar refractivity (Wildman–Crippen MR) is 99.5 cm³/mol. The highest BCUT2D eigenvalue weighted by molar-refractivity contribution is 5.61. The Kier molecular flexibility index (Phi) is 3.81. The van der Waals surface area contributed by atoms with Gasteiger partial charge in [-0.25, -0.2) is 4.57 Å². The van der Waals surface area contributed by atoms with E-state index >= 15 is 0 Å². The van der Waals surface area contributed by atoms with Crippen LogP contribution >= 0.6 is 0 Å². The van der Waals surface area contributed by atoms with E-state index in [4.69, 9.17) is 5.48 Å². The largest absolute Gasteiger partial charge is 0.212 e. The summed E-state index contributed by atoms with van der Waals surface area (Å²) in [6, 6.07) is 9.87. The molecule has 0 atom stereocenters. The average Bonchev–Trinajstić information content (AvgIpc) is 2.54. The lowest BCUT2D eigenvalue weighted by molar-refractivity contribution is -0.660. The normalized spacial score (nSPS) is 15.8. The summed E-state index contributed by atoms with van der Waals surface area (Å²) in [7, 11) is 1.90. The van der Waals surface area contributed by atoms with Gasteiger partial charge in [0.25, 0.3) is 0 Å². The van der Waals surface area contributed by atoms with E-state index in [9.17, 15) is 0 Å². The zero-order chi connectivity index (χ0) is 20.8. The summed E-state index contributed by atoms with van der Waals surface area (Å²) in [6.07, 6.45) is -1.53. The first kappa shape index (κ1) is 12.8. The van der Waals surface area contributed by atoms with Crippen molar-refractivity contribution in [3.05, 3.63) is 53.2 Å². The van der Waals surface area contributed by atoms with Crippen LogP contribution < -0.4 is 4.57 Å². The van der Waals surface area contributed by atoms with Gasteiger partial charge in [-0.3, -0.25) is 0 Å². The van der Waals surface area contributed by atoms with Crippen molar-refractivity contribution in [2.45, 2.75) is 54.3 Å². The molecule has 0 spiro atoms. The van der Waals surface area contributed by atoms with Gasteiger partial charge in [-0.15, -0.1) is 0 Å². The van der Waals surface area contributed by atoms with Gasteiger partial charge < -0.3 is 0 Å². The minimum atomic E-state index is -1.68. The molecule has 0 aliphatic rings. The molecule has 1 aromatic heterocycles. The Morgan fingerprint density at radius 3 is 2.35 bits per heavy atom. The predicted octanol–water partition coefficient (Wildman–Crippen LogP) is 5.27. The molecule has 0 saturated heterocycles. The summed E-state index contributed by atoms with van der Waals surface area (Å²) in [5.41, 5.74) is 3.22. The van der Waals surface area contributed by atoms with Gasteiger partial charge in [0.05, 0.1) is 0 Å². The molecule has 0 aliphatic heterocycles. The number of pyridine rings is 1. The number of rotatable bonds is 4. The van der Waals surface area contributed by atoms with E-state index in [0.717, 1.165) is 16.8 Å². The van der Waals surface area contributed by atoms with Crippen LogP contribution in [0.1, 0.15) is 56.8 Å². The van der Waals surface area contributed by atoms with Gasteiger partial charge in [0.2, 0.25) is 5.69 Å². The molecule has 0 radical (unpaired) electrons. The quantitative estimate of drug-likeness (QED) is 0.677. The van der Waals surface area contributed by atoms with Crippen molar-refractivity contribution in [2.75, 3.05) is 0 Å². The molecule has 0 amide bonds. The van der Waals surface area contributed by atoms with E-state index in [0.29, 0.717) is 11.1 Å². The Bertz CT molecular complexity index is 833. The smallest absolute Gasteiger partial charge is 0.201 e. The first-order valence-electron chi connectivity index (χ1n) is 10.3. The van der Waals surface area contributed by atoms with Crippen LogP contribution in [0.5, 0.6) is 0 Å². The van der Waals surface area contributed by atoms with Crippen LogP contribution in [-0.4, -0.2) is 0 Å². The molecule has 2 aromatic rings. The first-order chi connectivity index (χ1) is 12.2. The molecule has 1 heterocycles. The molecular weight excluding hydrogens is 278 g/mol. The van der Waals surface area contributed by atoms with E-state index in [1.165, 1.54) is 0 Å². The van der Waals surface area contributed by atoms with Crippen LogP contribution in [0.2, 0.25) is 0 Å². The van der Waals surface area contributed by atoms with E-state index < -0.39 is 18.2 Å². The average molecular weight is 315 g/mol. The third-order valence-electron chi connectivity index (χ3n) is 3.65. The summed E-state index contributed by atoms with van der Waals surface area (Å²) in [5, 5.41) is 0. The molecule has 0 unspecified atom stereocenters. The molecule has 0 fully saturated rings. The highest BCUT2D eigenvalue weighted by Gasteiger charge is 2.21. The minimum Gasteiger partial charge on any atom is -0.201 e. The van der Waals surface area contributed by atoms with Crippen LogP contribution in [0.15, 0.2) is 36.5 Å². The first-order valence-corrected chi connectivity index (χ1v) is 8.32. The van der Waals surface area contributed by atoms with E-state index in [2.05, 4.69) is 0 Å². The fourth-order valence-corrected chi connectivity index (χ4v) is 2.71. The lowest BCUT2D eigenvalue weighted by atomic mass is 9.84. The lowest BCUT2D eigenvalue weighted by Gasteiger charge is -2.21. The Morgan fingerprint density at radius 1 is 1.13 bits per heavy atom. The lowest BCUT2D eigenvalue weighted by Crippen LogP contribution is -2.33. The minimum absolute atomic E-state index is 0.267. The summed E-state index contributed by atoms with van der Waals surface area (Å²) in [5.74, 6) is -0.267. The summed E-state index contributed by atoms with van der Waals surface area (Å²) in [6.45, 7) is 11.3. The van der Waals surface area contributed by atoms with Crippen molar-refractivity contribution in [1.29, 1.82) is 0 Å². The Balaban J connectivity index is 2.89. The second kappa shape index (κ2) is 6.86. The number of hydrogen-bond acceptors (Lipinski definition) is 0. The van der Waals surface area contributed by atoms with Gasteiger partial charge in [0.15, 0.2) is 6.20 Å². The molecular formula is C22H32N+. The van der Waals surface area contributed by atoms with Crippen LogP contribution in [0, 0.1) is 18.3 Å². The molecule has 0 saturated carbocycles. The van der Waals surface area contributed by atoms with E-state index in [1.807, 2.05) is 83.5 Å². The van der Waals surface area contributed by atoms with Gasteiger partial charge in [0, 0.05) is 22.7 Å². The Morgan fingerprint density at radius 2 is 1.78 bits per heavy atom. The molecule has 1 nitrogen and oxygen atoms in total. The van der Waals surface area contributed by atoms with Crippen LogP contribution in [0.4, 0.5) is 0 Å². The molecule has 1 heteroatoms. The van der Waals surface area contributed by atoms with Crippen molar-refractivity contribution in [1.82, 2.24) is 0 Å². The number of aryl methyl sites for hydroxylation is 2. The monoisotopic (exact) mass is 314 g/mol. The maximum atomic E-state index is 8.85. The fraction of sp³-hybridized carbons (Fsp3) is 0.500. The van der Waals surface area contributed by atoms with Crippen LogP contribution in [0.3, 0.4) is 0 Å². The Hall–Kier alpha value is -1.63. The standard InChI is InChI=1S/C22H32N/c1-16(2)12-19-15-23(7)21(13-18(19)14-22(4,5)6)20-11-9-8-10-17(20)3/h8-11,13,15-16H,12,14H2,1-7H3/q+1/i12D2,14D2. The molecule has 1 aromatic carbocycles. The molecule has 0 aliphatic carbocycles. The number of nitrogens with zero attached hydrogens (tertiary/aromatic N) is 1. The second-order valence-electron chi connectivity index (χ2n) is 7.59. The highest BCUT2D eigenvalue weighted by Crippen LogP contribution is 2.28. The third kappa shape index (κ3) is 4.67. The van der Waals surface area contributed by atoms with Crippen LogP contribution in [-0.2, 0) is 19.8 Å². The second-order valence-corrected chi connectivity index (χ2v) is 7.59. The van der Waals surface area contributed by atoms with Crippen molar-refractivity contribution >= 4 is 0 Å². The summed E-state index contributed by atoms with van der Waals surface area (Å²) >= 11 is 0. The molecule has 124 valence electrons. The SMILES string of the molecule is [2H]C([2H])(c1c[n+](C)c(-c2ccccc2C)cc1C([2H])([2H])C(C)(C)C)C(C)C. The van der Waals surface area contributed by atoms with Crippen LogP contribution in [0.25, 0.3) is 11.3 Å². The van der Waals surface area contributed by atoms with Gasteiger partial charge in [-0.2, -0.15) is 0 Å². The molecule has 0 bridgehead atoms. The van der Waals surface area contributed by atoms with Gasteiger partial charge in [-0.05, 0) is 48.2 Å².